The Kier molecular flexibility index (Phi) is 5.79. The molecular weight excluding hydrogens is 322 g/mol. The molecule has 6 nitrogen and oxygen atoms in total. The van der Waals surface area contributed by atoms with Gasteiger partial charge in [-0.05, 0) is 36.5 Å². The Balaban J connectivity index is 1.44. The van der Waals surface area contributed by atoms with E-state index in [2.05, 4.69) is 12.2 Å². The van der Waals surface area contributed by atoms with Crippen LogP contribution in [0.5, 0.6) is 11.5 Å². The van der Waals surface area contributed by atoms with E-state index < -0.39 is 5.97 Å². The highest BCUT2D eigenvalue weighted by atomic mass is 16.6. The van der Waals surface area contributed by atoms with Crippen LogP contribution < -0.4 is 14.8 Å². The quantitative estimate of drug-likeness (QED) is 0.827. The van der Waals surface area contributed by atoms with Gasteiger partial charge in [0.2, 0.25) is 0 Å². The van der Waals surface area contributed by atoms with Gasteiger partial charge in [-0.3, -0.25) is 9.59 Å². The number of esters is 1. The molecule has 0 radical (unpaired) electrons. The lowest BCUT2D eigenvalue weighted by Crippen LogP contribution is -2.42. The van der Waals surface area contributed by atoms with Gasteiger partial charge >= 0.3 is 5.97 Å². The number of carbonyl (C=O) groups excluding carboxylic acids is 2. The number of fused-ring (bicyclic) bond motifs is 1. The maximum Gasteiger partial charge on any atom is 0.310 e. The van der Waals surface area contributed by atoms with Crippen LogP contribution in [0.1, 0.15) is 38.2 Å². The van der Waals surface area contributed by atoms with Crippen LogP contribution in [0.25, 0.3) is 0 Å². The van der Waals surface area contributed by atoms with Gasteiger partial charge in [-0.1, -0.05) is 25.8 Å². The Morgan fingerprint density at radius 3 is 2.72 bits per heavy atom. The number of rotatable bonds is 5. The van der Waals surface area contributed by atoms with Crippen LogP contribution in [0.2, 0.25) is 0 Å². The van der Waals surface area contributed by atoms with Gasteiger partial charge in [0.05, 0.1) is 6.42 Å². The van der Waals surface area contributed by atoms with Gasteiger partial charge < -0.3 is 19.5 Å². The molecule has 0 saturated heterocycles. The van der Waals surface area contributed by atoms with Crippen LogP contribution in [0.15, 0.2) is 18.2 Å². The zero-order valence-electron chi connectivity index (χ0n) is 14.6. The lowest BCUT2D eigenvalue weighted by molar-refractivity contribution is -0.148. The van der Waals surface area contributed by atoms with Gasteiger partial charge in [-0.2, -0.15) is 0 Å². The topological polar surface area (TPSA) is 73.9 Å². The van der Waals surface area contributed by atoms with Crippen molar-refractivity contribution < 1.29 is 23.8 Å². The van der Waals surface area contributed by atoms with Gasteiger partial charge in [-0.15, -0.1) is 0 Å². The average Bonchev–Trinajstić information content (AvgIpc) is 2.62. The van der Waals surface area contributed by atoms with E-state index in [4.69, 9.17) is 14.2 Å². The number of amides is 1. The summed E-state index contributed by atoms with van der Waals surface area (Å²) in [5, 5.41) is 2.98. The molecule has 25 heavy (non-hydrogen) atoms. The summed E-state index contributed by atoms with van der Waals surface area (Å²) in [5.74, 6) is 1.15. The highest BCUT2D eigenvalue weighted by Gasteiger charge is 2.23. The van der Waals surface area contributed by atoms with Crippen molar-refractivity contribution in [1.82, 2.24) is 5.32 Å². The molecule has 1 aromatic rings. The molecule has 1 fully saturated rings. The molecule has 1 aromatic carbocycles. The summed E-state index contributed by atoms with van der Waals surface area (Å²) in [4.78, 5) is 23.9. The van der Waals surface area contributed by atoms with Gasteiger partial charge in [0.15, 0.2) is 18.1 Å². The number of carbonyl (C=O) groups is 2. The van der Waals surface area contributed by atoms with E-state index in [9.17, 15) is 9.59 Å². The minimum absolute atomic E-state index is 0.101. The molecular formula is C19H25NO5. The van der Waals surface area contributed by atoms with Crippen LogP contribution in [0.3, 0.4) is 0 Å². The molecule has 0 spiro atoms. The minimum Gasteiger partial charge on any atom is -0.486 e. The van der Waals surface area contributed by atoms with E-state index in [1.165, 1.54) is 6.42 Å². The predicted octanol–water partition coefficient (Wildman–Crippen LogP) is 2.24. The Hall–Kier alpha value is -2.24. The van der Waals surface area contributed by atoms with Crippen molar-refractivity contribution in [2.75, 3.05) is 19.8 Å². The lowest BCUT2D eigenvalue weighted by atomic mass is 9.86. The maximum absolute atomic E-state index is 12.0. The fourth-order valence-corrected chi connectivity index (χ4v) is 3.34. The van der Waals surface area contributed by atoms with Crippen LogP contribution >= 0.6 is 0 Å². The Labute approximate surface area is 147 Å². The van der Waals surface area contributed by atoms with Crippen LogP contribution in [0.4, 0.5) is 0 Å². The van der Waals surface area contributed by atoms with E-state index >= 15 is 0 Å². The Morgan fingerprint density at radius 2 is 1.92 bits per heavy atom. The Morgan fingerprint density at radius 1 is 1.16 bits per heavy atom. The number of nitrogens with one attached hydrogen (secondary N) is 1. The standard InChI is InChI=1S/C19H25NO5/c1-13-4-2-3-5-15(13)20-18(21)12-25-19(22)11-14-6-7-16-17(10-14)24-9-8-23-16/h6-7,10,13,15H,2-5,8-9,11-12H2,1H3,(H,20,21)/t13-,15-/m1/s1. The first-order valence-corrected chi connectivity index (χ1v) is 8.95. The molecule has 2 aliphatic rings. The summed E-state index contributed by atoms with van der Waals surface area (Å²) in [7, 11) is 0. The third-order valence-electron chi connectivity index (χ3n) is 4.78. The minimum atomic E-state index is -0.427. The van der Waals surface area contributed by atoms with E-state index in [1.54, 1.807) is 18.2 Å². The van der Waals surface area contributed by atoms with Gasteiger partial charge in [0.1, 0.15) is 13.2 Å². The second kappa shape index (κ2) is 8.23. The van der Waals surface area contributed by atoms with Crippen molar-refractivity contribution in [3.05, 3.63) is 23.8 Å². The van der Waals surface area contributed by atoms with Gasteiger partial charge in [0.25, 0.3) is 5.91 Å². The molecule has 1 heterocycles. The van der Waals surface area contributed by atoms with E-state index in [0.29, 0.717) is 30.6 Å². The molecule has 6 heteroatoms. The molecule has 0 aromatic heterocycles. The third kappa shape index (κ3) is 4.87. The fraction of sp³-hybridized carbons (Fsp3) is 0.579. The second-order valence-electron chi connectivity index (χ2n) is 6.75. The summed E-state index contributed by atoms with van der Waals surface area (Å²) in [6, 6.07) is 5.56. The SMILES string of the molecule is C[C@@H]1CCCC[C@H]1NC(=O)COC(=O)Cc1ccc2c(c1)OCCO2. The first-order chi connectivity index (χ1) is 12.1. The van der Waals surface area contributed by atoms with Crippen LogP contribution in [-0.2, 0) is 20.7 Å². The molecule has 1 aliphatic carbocycles. The molecule has 2 atom stereocenters. The predicted molar refractivity (Wildman–Crippen MR) is 91.7 cm³/mol. The van der Waals surface area contributed by atoms with Crippen molar-refractivity contribution in [3.63, 3.8) is 0 Å². The summed E-state index contributed by atoms with van der Waals surface area (Å²) in [5.41, 5.74) is 0.774. The lowest BCUT2D eigenvalue weighted by Gasteiger charge is -2.29. The molecule has 0 bridgehead atoms. The number of hydrogen-bond donors (Lipinski definition) is 1. The number of ether oxygens (including phenoxy) is 3. The summed E-state index contributed by atoms with van der Waals surface area (Å²) in [6.07, 6.45) is 4.59. The first kappa shape index (κ1) is 17.6. The van der Waals surface area contributed by atoms with E-state index in [-0.39, 0.29) is 25.0 Å². The summed E-state index contributed by atoms with van der Waals surface area (Å²) < 4.78 is 16.1. The van der Waals surface area contributed by atoms with Crippen LogP contribution in [0, 0.1) is 5.92 Å². The molecule has 1 N–H and O–H groups in total. The molecule has 1 aliphatic heterocycles. The Bertz CT molecular complexity index is 630. The van der Waals surface area contributed by atoms with Crippen molar-refractivity contribution in [2.24, 2.45) is 5.92 Å². The molecule has 1 amide bonds. The molecule has 136 valence electrons. The molecule has 3 rings (SSSR count). The fourth-order valence-electron chi connectivity index (χ4n) is 3.34. The smallest absolute Gasteiger partial charge is 0.310 e. The van der Waals surface area contributed by atoms with Gasteiger partial charge in [0, 0.05) is 6.04 Å². The largest absolute Gasteiger partial charge is 0.486 e. The van der Waals surface area contributed by atoms with Gasteiger partial charge in [-0.25, -0.2) is 0 Å². The average molecular weight is 347 g/mol. The highest BCUT2D eigenvalue weighted by molar-refractivity contribution is 5.81. The van der Waals surface area contributed by atoms with E-state index in [0.717, 1.165) is 24.8 Å². The molecule has 1 saturated carbocycles. The van der Waals surface area contributed by atoms with Crippen molar-refractivity contribution in [3.8, 4) is 11.5 Å². The summed E-state index contributed by atoms with van der Waals surface area (Å²) >= 11 is 0. The summed E-state index contributed by atoms with van der Waals surface area (Å²) in [6.45, 7) is 2.95. The first-order valence-electron chi connectivity index (χ1n) is 8.95. The van der Waals surface area contributed by atoms with Crippen molar-refractivity contribution in [2.45, 2.75) is 45.1 Å². The second-order valence-corrected chi connectivity index (χ2v) is 6.75. The highest BCUT2D eigenvalue weighted by Crippen LogP contribution is 2.30. The maximum atomic E-state index is 12.0. The van der Waals surface area contributed by atoms with Crippen molar-refractivity contribution >= 4 is 11.9 Å². The van der Waals surface area contributed by atoms with Crippen molar-refractivity contribution in [1.29, 1.82) is 0 Å². The zero-order valence-corrected chi connectivity index (χ0v) is 14.6. The molecule has 0 unspecified atom stereocenters. The van der Waals surface area contributed by atoms with E-state index in [1.807, 2.05) is 0 Å². The number of hydrogen-bond acceptors (Lipinski definition) is 5. The third-order valence-corrected chi connectivity index (χ3v) is 4.78. The monoisotopic (exact) mass is 347 g/mol. The number of benzene rings is 1. The normalized spacial score (nSPS) is 22.1. The van der Waals surface area contributed by atoms with Crippen LogP contribution in [-0.4, -0.2) is 37.7 Å². The zero-order chi connectivity index (χ0) is 17.6.